The van der Waals surface area contributed by atoms with E-state index in [1.807, 2.05) is 42.5 Å². The molecule has 0 heterocycles. The maximum absolute atomic E-state index is 9.67. The molecule has 0 fully saturated rings. The molecule has 1 atom stereocenters. The normalized spacial score (nSPS) is 17.2. The van der Waals surface area contributed by atoms with Crippen molar-refractivity contribution in [2.24, 2.45) is 0 Å². The summed E-state index contributed by atoms with van der Waals surface area (Å²) in [5, 5.41) is 0. The first kappa shape index (κ1) is 30.0. The molecule has 13 rings (SSSR count). The third kappa shape index (κ3) is 5.48. The number of hydrogen-bond donors (Lipinski definition) is 0. The Morgan fingerprint density at radius 2 is 0.727 bits per heavy atom. The first-order chi connectivity index (χ1) is 36.2. The zero-order valence-electron chi connectivity index (χ0n) is 45.3. The van der Waals surface area contributed by atoms with Crippen molar-refractivity contribution in [3.8, 4) is 44.5 Å². The van der Waals surface area contributed by atoms with Crippen LogP contribution in [-0.4, -0.2) is 0 Å². The van der Waals surface area contributed by atoms with E-state index in [0.29, 0.717) is 11.4 Å². The lowest BCUT2D eigenvalue weighted by atomic mass is 9.70. The Morgan fingerprint density at radius 1 is 0.318 bits per heavy atom. The van der Waals surface area contributed by atoms with Gasteiger partial charge in [0.2, 0.25) is 0 Å². The van der Waals surface area contributed by atoms with Gasteiger partial charge in [-0.1, -0.05) is 190 Å². The minimum atomic E-state index is -0.887. The standard InChI is InChI=1S/C64H46N2/c1-63(2)56-30-16-12-27-50(56)53-37-34-46(40-59(53)63)65(44-22-8-4-9-23-44)47-35-38-54-51-28-13-17-31-57(51)64(60(54)41-47)58-32-18-14-29-52(58)55-39-36-48(42-61(55)64)66(45-24-10-5-11-25-45)62-33-19-15-26-49(62)43-20-6-3-7-21-43/h3-42H,1-2H3/i3D,6D,7D,15D,19D,20D,21D,26D,33D. The SMILES string of the molecule is [2H]c1c([2H])c([2H])c(-c2c([2H])c([2H])c([2H])c([2H])c2N(c2ccccc2)c2ccc3c(c2)C2(c4ccccc4-c4ccc(N(c5ccccc5)c5ccc6c(c5)C(C)(C)c5ccccc5-6)cc42)c2ccccc2-3)c([2H])c1[2H]. The van der Waals surface area contributed by atoms with Crippen LogP contribution in [0.4, 0.5) is 34.1 Å². The molecule has 0 saturated carbocycles. The van der Waals surface area contributed by atoms with Gasteiger partial charge in [-0.25, -0.2) is 0 Å². The highest BCUT2D eigenvalue weighted by Crippen LogP contribution is 2.64. The van der Waals surface area contributed by atoms with E-state index >= 15 is 0 Å². The smallest absolute Gasteiger partial charge is 0.0727 e. The van der Waals surface area contributed by atoms with Crippen LogP contribution < -0.4 is 9.80 Å². The van der Waals surface area contributed by atoms with Crippen LogP contribution in [0.2, 0.25) is 0 Å². The largest absolute Gasteiger partial charge is 0.310 e. The van der Waals surface area contributed by atoms with Gasteiger partial charge in [-0.3, -0.25) is 0 Å². The maximum Gasteiger partial charge on any atom is 0.0727 e. The van der Waals surface area contributed by atoms with E-state index in [-0.39, 0.29) is 22.2 Å². The predicted molar refractivity (Wildman–Crippen MR) is 275 cm³/mol. The molecule has 10 aromatic rings. The minimum absolute atomic E-state index is 0.0520. The van der Waals surface area contributed by atoms with E-state index in [4.69, 9.17) is 9.60 Å². The first-order valence-corrected chi connectivity index (χ1v) is 22.4. The van der Waals surface area contributed by atoms with Crippen molar-refractivity contribution in [3.05, 3.63) is 276 Å². The maximum atomic E-state index is 9.67. The quantitative estimate of drug-likeness (QED) is 0.158. The predicted octanol–water partition coefficient (Wildman–Crippen LogP) is 16.9. The van der Waals surface area contributed by atoms with Gasteiger partial charge in [0.05, 0.1) is 23.4 Å². The van der Waals surface area contributed by atoms with Gasteiger partial charge in [-0.15, -0.1) is 0 Å². The minimum Gasteiger partial charge on any atom is -0.310 e. The summed E-state index contributed by atoms with van der Waals surface area (Å²) in [4.78, 5) is 4.09. The van der Waals surface area contributed by atoms with Gasteiger partial charge in [-0.2, -0.15) is 0 Å². The van der Waals surface area contributed by atoms with Crippen molar-refractivity contribution in [1.29, 1.82) is 0 Å². The number of hydrogen-bond acceptors (Lipinski definition) is 2. The summed E-state index contributed by atoms with van der Waals surface area (Å²) < 4.78 is 81.0. The van der Waals surface area contributed by atoms with Crippen molar-refractivity contribution in [1.82, 2.24) is 0 Å². The van der Waals surface area contributed by atoms with E-state index in [9.17, 15) is 2.74 Å². The van der Waals surface area contributed by atoms with Gasteiger partial charge in [0, 0.05) is 39.4 Å². The average molecular weight is 852 g/mol. The summed E-state index contributed by atoms with van der Waals surface area (Å²) in [6, 6.07) is 60.2. The van der Waals surface area contributed by atoms with E-state index < -0.39 is 59.8 Å². The number of nitrogens with zero attached hydrogens (tertiary/aromatic N) is 2. The Hall–Kier alpha value is -8.20. The van der Waals surface area contributed by atoms with Gasteiger partial charge in [0.1, 0.15) is 0 Å². The molecule has 312 valence electrons. The Balaban J connectivity index is 1.08. The summed E-state index contributed by atoms with van der Waals surface area (Å²) in [7, 11) is 0. The fraction of sp³-hybridized carbons (Fsp3) is 0.0625. The van der Waals surface area contributed by atoms with Crippen molar-refractivity contribution < 1.29 is 12.3 Å². The van der Waals surface area contributed by atoms with Gasteiger partial charge >= 0.3 is 0 Å². The van der Waals surface area contributed by atoms with E-state index in [2.05, 4.69) is 164 Å². The molecular weight excluding hydrogens is 797 g/mol. The van der Waals surface area contributed by atoms with Crippen LogP contribution in [0.15, 0.2) is 242 Å². The Bertz CT molecular complexity index is 4020. The van der Waals surface area contributed by atoms with Crippen LogP contribution in [0.5, 0.6) is 0 Å². The molecule has 3 aliphatic rings. The lowest BCUT2D eigenvalue weighted by Crippen LogP contribution is -2.26. The summed E-state index contributed by atoms with van der Waals surface area (Å²) in [6.07, 6.45) is 0. The lowest BCUT2D eigenvalue weighted by Gasteiger charge is -2.34. The molecule has 0 radical (unpaired) electrons. The molecule has 10 aromatic carbocycles. The number of anilines is 6. The highest BCUT2D eigenvalue weighted by Gasteiger charge is 2.52. The van der Waals surface area contributed by atoms with Crippen molar-refractivity contribution in [2.45, 2.75) is 24.7 Å². The summed E-state index contributed by atoms with van der Waals surface area (Å²) in [5.74, 6) is 0. The monoisotopic (exact) mass is 851 g/mol. The highest BCUT2D eigenvalue weighted by atomic mass is 15.1. The van der Waals surface area contributed by atoms with E-state index in [1.54, 1.807) is 4.90 Å². The number of para-hydroxylation sites is 3. The third-order valence-electron chi connectivity index (χ3n) is 14.1. The van der Waals surface area contributed by atoms with Crippen LogP contribution in [0, 0.1) is 0 Å². The zero-order chi connectivity index (χ0) is 51.8. The number of benzene rings is 10. The number of fused-ring (bicyclic) bond motifs is 13. The fourth-order valence-corrected chi connectivity index (χ4v) is 11.3. The van der Waals surface area contributed by atoms with Crippen LogP contribution in [0.3, 0.4) is 0 Å². The van der Waals surface area contributed by atoms with Crippen molar-refractivity contribution in [2.75, 3.05) is 9.80 Å². The van der Waals surface area contributed by atoms with Crippen molar-refractivity contribution in [3.63, 3.8) is 0 Å². The lowest BCUT2D eigenvalue weighted by molar-refractivity contribution is 0.660. The summed E-state index contributed by atoms with van der Waals surface area (Å²) >= 11 is 0. The summed E-state index contributed by atoms with van der Waals surface area (Å²) in [5.41, 5.74) is 15.9. The zero-order valence-corrected chi connectivity index (χ0v) is 36.3. The Kier molecular flexibility index (Phi) is 6.67. The van der Waals surface area contributed by atoms with Gasteiger partial charge in [-0.05, 0) is 139 Å². The van der Waals surface area contributed by atoms with Gasteiger partial charge in [0.15, 0.2) is 0 Å². The number of rotatable bonds is 7. The molecule has 0 bridgehead atoms. The van der Waals surface area contributed by atoms with Crippen LogP contribution in [0.1, 0.15) is 59.6 Å². The second-order valence-corrected chi connectivity index (χ2v) is 17.8. The highest BCUT2D eigenvalue weighted by molar-refractivity contribution is 5.98. The first-order valence-electron chi connectivity index (χ1n) is 26.9. The molecule has 66 heavy (non-hydrogen) atoms. The molecule has 0 aliphatic heterocycles. The molecule has 0 N–H and O–H groups in total. The molecule has 0 saturated heterocycles. The second kappa shape index (κ2) is 14.7. The molecule has 2 nitrogen and oxygen atoms in total. The molecule has 0 amide bonds. The fourth-order valence-electron chi connectivity index (χ4n) is 11.3. The molecule has 2 heteroatoms. The molecule has 1 unspecified atom stereocenters. The molecule has 1 spiro atoms. The Morgan fingerprint density at radius 3 is 1.30 bits per heavy atom. The Labute approximate surface area is 400 Å². The van der Waals surface area contributed by atoms with Gasteiger partial charge in [0.25, 0.3) is 0 Å². The topological polar surface area (TPSA) is 6.48 Å². The molecule has 3 aliphatic carbocycles. The average Bonchev–Trinajstić information content (AvgIpc) is 4.22. The van der Waals surface area contributed by atoms with Gasteiger partial charge < -0.3 is 9.80 Å². The van der Waals surface area contributed by atoms with Crippen molar-refractivity contribution >= 4 is 34.1 Å². The van der Waals surface area contributed by atoms with Crippen LogP contribution in [-0.2, 0) is 10.8 Å². The molecular formula is C64H46N2. The van der Waals surface area contributed by atoms with E-state index in [0.717, 1.165) is 61.6 Å². The second-order valence-electron chi connectivity index (χ2n) is 17.8. The molecule has 0 aromatic heterocycles. The third-order valence-corrected chi connectivity index (χ3v) is 14.1. The van der Waals surface area contributed by atoms with Crippen LogP contribution >= 0.6 is 0 Å². The summed E-state index contributed by atoms with van der Waals surface area (Å²) in [6.45, 7) is 4.60. The van der Waals surface area contributed by atoms with Crippen LogP contribution in [0.25, 0.3) is 44.5 Å². The van der Waals surface area contributed by atoms with E-state index in [1.165, 1.54) is 22.3 Å².